The van der Waals surface area contributed by atoms with Crippen molar-refractivity contribution in [1.29, 1.82) is 0 Å². The zero-order chi connectivity index (χ0) is 18.8. The molecule has 2 aromatic rings. The second-order valence-corrected chi connectivity index (χ2v) is 7.06. The fourth-order valence-corrected chi connectivity index (χ4v) is 3.73. The highest BCUT2D eigenvalue weighted by molar-refractivity contribution is 5.99. The Morgan fingerprint density at radius 1 is 0.852 bits per heavy atom. The van der Waals surface area contributed by atoms with Gasteiger partial charge in [-0.25, -0.2) is 4.39 Å². The molecule has 27 heavy (non-hydrogen) atoms. The summed E-state index contributed by atoms with van der Waals surface area (Å²) in [6, 6.07) is 8.08. The molecule has 2 aliphatic rings. The Bertz CT molecular complexity index is 819. The van der Waals surface area contributed by atoms with E-state index in [1.165, 1.54) is 12.1 Å². The maximum absolute atomic E-state index is 13.1. The smallest absolute Gasteiger partial charge is 0.270 e. The van der Waals surface area contributed by atoms with Crippen molar-refractivity contribution < 1.29 is 14.0 Å². The number of rotatable bonds is 3. The van der Waals surface area contributed by atoms with Crippen LogP contribution in [0.2, 0.25) is 0 Å². The van der Waals surface area contributed by atoms with Gasteiger partial charge in [0.1, 0.15) is 11.5 Å². The van der Waals surface area contributed by atoms with Gasteiger partial charge < -0.3 is 19.7 Å². The standard InChI is InChI=1S/C20H23FN4O2/c21-16-3-5-17(6-4-16)23-9-11-25(12-10-23)19(26)15-13-18(22-14-15)20(27)24-7-1-2-8-24/h3-6,13-14,22H,1-2,7-12H2. The maximum atomic E-state index is 13.1. The minimum atomic E-state index is -0.251. The molecule has 0 atom stereocenters. The van der Waals surface area contributed by atoms with Crippen molar-refractivity contribution in [3.05, 3.63) is 53.6 Å². The first-order valence-corrected chi connectivity index (χ1v) is 9.39. The van der Waals surface area contributed by atoms with Crippen molar-refractivity contribution in [2.24, 2.45) is 0 Å². The van der Waals surface area contributed by atoms with Gasteiger partial charge in [-0.3, -0.25) is 9.59 Å². The molecular formula is C20H23FN4O2. The molecule has 7 heteroatoms. The fraction of sp³-hybridized carbons (Fsp3) is 0.400. The average Bonchev–Trinajstić information content (AvgIpc) is 3.40. The topological polar surface area (TPSA) is 59.7 Å². The number of H-pyrrole nitrogens is 1. The van der Waals surface area contributed by atoms with Crippen LogP contribution in [0.5, 0.6) is 0 Å². The number of benzene rings is 1. The molecule has 142 valence electrons. The molecule has 0 saturated carbocycles. The van der Waals surface area contributed by atoms with Crippen molar-refractivity contribution in [1.82, 2.24) is 14.8 Å². The van der Waals surface area contributed by atoms with Gasteiger partial charge in [0.05, 0.1) is 5.56 Å². The van der Waals surface area contributed by atoms with E-state index in [1.54, 1.807) is 29.3 Å². The summed E-state index contributed by atoms with van der Waals surface area (Å²) in [7, 11) is 0. The minimum Gasteiger partial charge on any atom is -0.368 e. The minimum absolute atomic E-state index is 0.0346. The van der Waals surface area contributed by atoms with Crippen molar-refractivity contribution in [3.8, 4) is 0 Å². The lowest BCUT2D eigenvalue weighted by Crippen LogP contribution is -2.48. The number of carbonyl (C=O) groups is 2. The van der Waals surface area contributed by atoms with E-state index in [9.17, 15) is 14.0 Å². The molecule has 4 rings (SSSR count). The van der Waals surface area contributed by atoms with Gasteiger partial charge in [-0.2, -0.15) is 0 Å². The molecule has 0 unspecified atom stereocenters. The summed E-state index contributed by atoms with van der Waals surface area (Å²) in [6.45, 7) is 4.15. The van der Waals surface area contributed by atoms with Gasteiger partial charge in [0.15, 0.2) is 0 Å². The molecule has 1 aromatic carbocycles. The van der Waals surface area contributed by atoms with E-state index in [-0.39, 0.29) is 17.6 Å². The third kappa shape index (κ3) is 3.67. The molecule has 6 nitrogen and oxygen atoms in total. The predicted octanol–water partition coefficient (Wildman–Crippen LogP) is 2.35. The number of halogens is 1. The number of nitrogens with zero attached hydrogens (tertiary/aromatic N) is 3. The third-order valence-electron chi connectivity index (χ3n) is 5.31. The van der Waals surface area contributed by atoms with Gasteiger partial charge in [-0.1, -0.05) is 0 Å². The van der Waals surface area contributed by atoms with E-state index < -0.39 is 0 Å². The van der Waals surface area contributed by atoms with E-state index >= 15 is 0 Å². The van der Waals surface area contributed by atoms with Crippen molar-refractivity contribution >= 4 is 17.5 Å². The first kappa shape index (κ1) is 17.6. The number of piperazine rings is 1. The number of anilines is 1. The van der Waals surface area contributed by atoms with E-state index in [0.29, 0.717) is 37.4 Å². The summed E-state index contributed by atoms with van der Waals surface area (Å²) < 4.78 is 13.1. The van der Waals surface area contributed by atoms with Gasteiger partial charge >= 0.3 is 0 Å². The van der Waals surface area contributed by atoms with Crippen LogP contribution in [0.15, 0.2) is 36.5 Å². The van der Waals surface area contributed by atoms with Gasteiger partial charge in [-0.15, -0.1) is 0 Å². The van der Waals surface area contributed by atoms with E-state index in [1.807, 2.05) is 4.90 Å². The number of hydrogen-bond acceptors (Lipinski definition) is 3. The molecule has 1 N–H and O–H groups in total. The Labute approximate surface area is 157 Å². The fourth-order valence-electron chi connectivity index (χ4n) is 3.73. The van der Waals surface area contributed by atoms with Crippen molar-refractivity contribution in [2.45, 2.75) is 12.8 Å². The van der Waals surface area contributed by atoms with Crippen molar-refractivity contribution in [2.75, 3.05) is 44.2 Å². The van der Waals surface area contributed by atoms with Crippen LogP contribution in [0.3, 0.4) is 0 Å². The highest BCUT2D eigenvalue weighted by Crippen LogP contribution is 2.19. The number of likely N-dealkylation sites (tertiary alicyclic amines) is 1. The number of hydrogen-bond donors (Lipinski definition) is 1. The van der Waals surface area contributed by atoms with Crippen molar-refractivity contribution in [3.63, 3.8) is 0 Å². The Hall–Kier alpha value is -2.83. The summed E-state index contributed by atoms with van der Waals surface area (Å²) in [6.07, 6.45) is 3.70. The summed E-state index contributed by atoms with van der Waals surface area (Å²) in [5.41, 5.74) is 1.96. The molecule has 0 radical (unpaired) electrons. The highest BCUT2D eigenvalue weighted by Gasteiger charge is 2.25. The van der Waals surface area contributed by atoms with E-state index in [0.717, 1.165) is 31.6 Å². The molecule has 2 aliphatic heterocycles. The average molecular weight is 370 g/mol. The predicted molar refractivity (Wildman–Crippen MR) is 100 cm³/mol. The first-order valence-electron chi connectivity index (χ1n) is 9.39. The summed E-state index contributed by atoms with van der Waals surface area (Å²) in [5.74, 6) is -0.350. The summed E-state index contributed by atoms with van der Waals surface area (Å²) >= 11 is 0. The number of carbonyl (C=O) groups excluding carboxylic acids is 2. The summed E-state index contributed by atoms with van der Waals surface area (Å²) in [4.78, 5) is 33.9. The lowest BCUT2D eigenvalue weighted by atomic mass is 10.2. The molecule has 2 amide bonds. The second kappa shape index (κ2) is 7.42. The maximum Gasteiger partial charge on any atom is 0.270 e. The monoisotopic (exact) mass is 370 g/mol. The van der Waals surface area contributed by atoms with E-state index in [2.05, 4.69) is 9.88 Å². The lowest BCUT2D eigenvalue weighted by Gasteiger charge is -2.36. The van der Waals surface area contributed by atoms with Gasteiger partial charge in [0.25, 0.3) is 11.8 Å². The molecule has 2 saturated heterocycles. The largest absolute Gasteiger partial charge is 0.368 e. The normalized spacial score (nSPS) is 17.4. The second-order valence-electron chi connectivity index (χ2n) is 7.06. The van der Waals surface area contributed by atoms with Crippen LogP contribution < -0.4 is 4.90 Å². The zero-order valence-corrected chi connectivity index (χ0v) is 15.2. The molecule has 0 bridgehead atoms. The Kier molecular flexibility index (Phi) is 4.83. The first-order chi connectivity index (χ1) is 13.1. The molecule has 0 aliphatic carbocycles. The highest BCUT2D eigenvalue weighted by atomic mass is 19.1. The Morgan fingerprint density at radius 2 is 1.48 bits per heavy atom. The van der Waals surface area contributed by atoms with Crippen LogP contribution >= 0.6 is 0 Å². The zero-order valence-electron chi connectivity index (χ0n) is 15.2. The summed E-state index contributed by atoms with van der Waals surface area (Å²) in [5, 5.41) is 0. The van der Waals surface area contributed by atoms with Gasteiger partial charge in [0.2, 0.25) is 0 Å². The lowest BCUT2D eigenvalue weighted by molar-refractivity contribution is 0.0747. The molecule has 0 spiro atoms. The molecular weight excluding hydrogens is 347 g/mol. The number of nitrogens with one attached hydrogen (secondary N) is 1. The van der Waals surface area contributed by atoms with Crippen LogP contribution in [0.4, 0.5) is 10.1 Å². The van der Waals surface area contributed by atoms with Crippen LogP contribution in [0.25, 0.3) is 0 Å². The van der Waals surface area contributed by atoms with Crippen LogP contribution in [0.1, 0.15) is 33.7 Å². The number of aromatic nitrogens is 1. The van der Waals surface area contributed by atoms with Gasteiger partial charge in [0, 0.05) is 51.2 Å². The number of aromatic amines is 1. The quantitative estimate of drug-likeness (QED) is 0.902. The van der Waals surface area contributed by atoms with Gasteiger partial charge in [-0.05, 0) is 43.2 Å². The number of amides is 2. The Morgan fingerprint density at radius 3 is 2.15 bits per heavy atom. The van der Waals surface area contributed by atoms with E-state index in [4.69, 9.17) is 0 Å². The SMILES string of the molecule is O=C(c1c[nH]c(C(=O)N2CCCC2)c1)N1CCN(c2ccc(F)cc2)CC1. The molecule has 1 aromatic heterocycles. The molecule has 3 heterocycles. The van der Waals surface area contributed by atoms with Crippen LogP contribution in [0, 0.1) is 5.82 Å². The van der Waals surface area contributed by atoms with Crippen LogP contribution in [-0.2, 0) is 0 Å². The molecule has 2 fully saturated rings. The van der Waals surface area contributed by atoms with Crippen LogP contribution in [-0.4, -0.2) is 65.9 Å². The third-order valence-corrected chi connectivity index (χ3v) is 5.31. The Balaban J connectivity index is 1.36.